The molecule has 2 N–H and O–H groups in total. The summed E-state index contributed by atoms with van der Waals surface area (Å²) in [6.07, 6.45) is 3.47. The number of amides is 1. The second kappa shape index (κ2) is 6.60. The third-order valence-electron chi connectivity index (χ3n) is 2.84. The van der Waals surface area contributed by atoms with Crippen molar-refractivity contribution in [2.45, 2.75) is 20.4 Å². The van der Waals surface area contributed by atoms with Gasteiger partial charge in [-0.05, 0) is 43.2 Å². The van der Waals surface area contributed by atoms with Crippen molar-refractivity contribution in [3.05, 3.63) is 47.4 Å². The van der Waals surface area contributed by atoms with Gasteiger partial charge in [-0.25, -0.2) is 0 Å². The summed E-state index contributed by atoms with van der Waals surface area (Å²) in [6, 6.07) is 5.30. The van der Waals surface area contributed by atoms with Gasteiger partial charge < -0.3 is 10.6 Å². The van der Waals surface area contributed by atoms with Crippen LogP contribution in [0.5, 0.6) is 0 Å². The van der Waals surface area contributed by atoms with Crippen molar-refractivity contribution in [2.24, 2.45) is 0 Å². The standard InChI is InChI=1S/C14H17N5O/c1-3-16-13-5-4-12(18-19-13)14(20)17-9-11-8-15-7-6-10(11)2/h4-8H,3,9H2,1-2H3,(H,16,19)(H,17,20). The first-order valence-electron chi connectivity index (χ1n) is 6.46. The van der Waals surface area contributed by atoms with Gasteiger partial charge in [-0.3, -0.25) is 9.78 Å². The Morgan fingerprint density at radius 2 is 2.10 bits per heavy atom. The molecule has 20 heavy (non-hydrogen) atoms. The zero-order valence-corrected chi connectivity index (χ0v) is 11.6. The Bertz CT molecular complexity index is 582. The van der Waals surface area contributed by atoms with E-state index in [0.29, 0.717) is 18.1 Å². The molecule has 2 heterocycles. The summed E-state index contributed by atoms with van der Waals surface area (Å²) < 4.78 is 0. The first-order chi connectivity index (χ1) is 9.70. The molecule has 2 rings (SSSR count). The van der Waals surface area contributed by atoms with Crippen LogP contribution in [-0.4, -0.2) is 27.6 Å². The molecule has 0 aromatic carbocycles. The minimum Gasteiger partial charge on any atom is -0.369 e. The number of carbonyl (C=O) groups excluding carboxylic acids is 1. The predicted molar refractivity (Wildman–Crippen MR) is 76.3 cm³/mol. The maximum atomic E-state index is 11.9. The summed E-state index contributed by atoms with van der Waals surface area (Å²) in [5.74, 6) is 0.413. The lowest BCUT2D eigenvalue weighted by Crippen LogP contribution is -2.24. The van der Waals surface area contributed by atoms with Gasteiger partial charge in [0.1, 0.15) is 5.82 Å². The molecular weight excluding hydrogens is 254 g/mol. The summed E-state index contributed by atoms with van der Waals surface area (Å²) >= 11 is 0. The Morgan fingerprint density at radius 1 is 1.25 bits per heavy atom. The Morgan fingerprint density at radius 3 is 2.75 bits per heavy atom. The summed E-state index contributed by atoms with van der Waals surface area (Å²) in [5.41, 5.74) is 2.38. The minimum atomic E-state index is -0.246. The predicted octanol–water partition coefficient (Wildman–Crippen LogP) is 1.54. The van der Waals surface area contributed by atoms with E-state index in [1.807, 2.05) is 19.9 Å². The van der Waals surface area contributed by atoms with Crippen LogP contribution in [0, 0.1) is 6.92 Å². The van der Waals surface area contributed by atoms with Crippen LogP contribution < -0.4 is 10.6 Å². The number of aryl methyl sites for hydroxylation is 1. The zero-order chi connectivity index (χ0) is 14.4. The van der Waals surface area contributed by atoms with Gasteiger partial charge in [0.2, 0.25) is 0 Å². The number of aromatic nitrogens is 3. The molecule has 2 aromatic rings. The second-order valence-corrected chi connectivity index (χ2v) is 4.32. The van der Waals surface area contributed by atoms with E-state index in [2.05, 4.69) is 25.8 Å². The van der Waals surface area contributed by atoms with Crippen LogP contribution in [0.3, 0.4) is 0 Å². The summed E-state index contributed by atoms with van der Waals surface area (Å²) in [6.45, 7) is 5.14. The molecule has 0 saturated carbocycles. The Hall–Kier alpha value is -2.50. The van der Waals surface area contributed by atoms with Crippen LogP contribution in [0.4, 0.5) is 5.82 Å². The van der Waals surface area contributed by atoms with Gasteiger partial charge in [0.25, 0.3) is 5.91 Å². The average Bonchev–Trinajstić information content (AvgIpc) is 2.47. The van der Waals surface area contributed by atoms with Crippen molar-refractivity contribution in [3.8, 4) is 0 Å². The highest BCUT2D eigenvalue weighted by molar-refractivity contribution is 5.92. The largest absolute Gasteiger partial charge is 0.369 e. The van der Waals surface area contributed by atoms with E-state index in [1.54, 1.807) is 24.5 Å². The molecule has 2 aromatic heterocycles. The van der Waals surface area contributed by atoms with Crippen molar-refractivity contribution in [2.75, 3.05) is 11.9 Å². The maximum Gasteiger partial charge on any atom is 0.272 e. The molecule has 6 nitrogen and oxygen atoms in total. The van der Waals surface area contributed by atoms with Gasteiger partial charge >= 0.3 is 0 Å². The number of carbonyl (C=O) groups is 1. The summed E-state index contributed by atoms with van der Waals surface area (Å²) in [7, 11) is 0. The molecule has 0 aliphatic carbocycles. The van der Waals surface area contributed by atoms with E-state index < -0.39 is 0 Å². The molecule has 0 saturated heterocycles. The fourth-order valence-electron chi connectivity index (χ4n) is 1.68. The monoisotopic (exact) mass is 271 g/mol. The highest BCUT2D eigenvalue weighted by Crippen LogP contribution is 2.05. The zero-order valence-electron chi connectivity index (χ0n) is 11.6. The molecule has 0 spiro atoms. The second-order valence-electron chi connectivity index (χ2n) is 4.32. The van der Waals surface area contributed by atoms with Gasteiger partial charge in [-0.2, -0.15) is 0 Å². The lowest BCUT2D eigenvalue weighted by Gasteiger charge is -2.07. The molecule has 0 bridgehead atoms. The van der Waals surface area contributed by atoms with E-state index in [4.69, 9.17) is 0 Å². The molecule has 6 heteroatoms. The molecule has 1 amide bonds. The first kappa shape index (κ1) is 13.9. The van der Waals surface area contributed by atoms with E-state index >= 15 is 0 Å². The van der Waals surface area contributed by atoms with Crippen LogP contribution >= 0.6 is 0 Å². The van der Waals surface area contributed by atoms with Crippen LogP contribution in [0.25, 0.3) is 0 Å². The molecule has 104 valence electrons. The molecule has 0 aliphatic rings. The van der Waals surface area contributed by atoms with Crippen molar-refractivity contribution >= 4 is 11.7 Å². The van der Waals surface area contributed by atoms with Crippen LogP contribution in [0.1, 0.15) is 28.5 Å². The van der Waals surface area contributed by atoms with E-state index in [-0.39, 0.29) is 5.91 Å². The molecular formula is C14H17N5O. The lowest BCUT2D eigenvalue weighted by atomic mass is 10.1. The highest BCUT2D eigenvalue weighted by Gasteiger charge is 2.08. The molecule has 0 radical (unpaired) electrons. The average molecular weight is 271 g/mol. The van der Waals surface area contributed by atoms with Gasteiger partial charge in [0.05, 0.1) is 0 Å². The van der Waals surface area contributed by atoms with E-state index in [1.165, 1.54) is 0 Å². The van der Waals surface area contributed by atoms with E-state index in [0.717, 1.165) is 17.7 Å². The van der Waals surface area contributed by atoms with Crippen molar-refractivity contribution in [1.29, 1.82) is 0 Å². The number of anilines is 1. The normalized spacial score (nSPS) is 10.1. The number of pyridine rings is 1. The number of rotatable bonds is 5. The first-order valence-corrected chi connectivity index (χ1v) is 6.46. The fraction of sp³-hybridized carbons (Fsp3) is 0.286. The van der Waals surface area contributed by atoms with Crippen LogP contribution in [-0.2, 0) is 6.54 Å². The molecule has 0 atom stereocenters. The summed E-state index contributed by atoms with van der Waals surface area (Å²) in [4.78, 5) is 16.0. The third-order valence-corrected chi connectivity index (χ3v) is 2.84. The number of hydrogen-bond donors (Lipinski definition) is 2. The van der Waals surface area contributed by atoms with E-state index in [9.17, 15) is 4.79 Å². The quantitative estimate of drug-likeness (QED) is 0.862. The van der Waals surface area contributed by atoms with Crippen LogP contribution in [0.2, 0.25) is 0 Å². The molecule has 0 unspecified atom stereocenters. The van der Waals surface area contributed by atoms with Crippen molar-refractivity contribution in [1.82, 2.24) is 20.5 Å². The fourth-order valence-corrected chi connectivity index (χ4v) is 1.68. The topological polar surface area (TPSA) is 79.8 Å². The Kier molecular flexibility index (Phi) is 4.60. The minimum absolute atomic E-state index is 0.246. The van der Waals surface area contributed by atoms with Crippen molar-refractivity contribution in [3.63, 3.8) is 0 Å². The van der Waals surface area contributed by atoms with Crippen LogP contribution in [0.15, 0.2) is 30.6 Å². The van der Waals surface area contributed by atoms with Gasteiger partial charge in [-0.15, -0.1) is 10.2 Å². The number of hydrogen-bond acceptors (Lipinski definition) is 5. The SMILES string of the molecule is CCNc1ccc(C(=O)NCc2cnccc2C)nn1. The van der Waals surface area contributed by atoms with Gasteiger partial charge in [0, 0.05) is 25.5 Å². The highest BCUT2D eigenvalue weighted by atomic mass is 16.1. The lowest BCUT2D eigenvalue weighted by molar-refractivity contribution is 0.0945. The maximum absolute atomic E-state index is 11.9. The van der Waals surface area contributed by atoms with Crippen molar-refractivity contribution < 1.29 is 4.79 Å². The Balaban J connectivity index is 1.96. The summed E-state index contributed by atoms with van der Waals surface area (Å²) in [5, 5.41) is 13.7. The van der Waals surface area contributed by atoms with Gasteiger partial charge in [-0.1, -0.05) is 0 Å². The van der Waals surface area contributed by atoms with Gasteiger partial charge in [0.15, 0.2) is 5.69 Å². The smallest absolute Gasteiger partial charge is 0.272 e. The molecule has 0 fully saturated rings. The number of nitrogens with one attached hydrogen (secondary N) is 2. The number of nitrogens with zero attached hydrogens (tertiary/aromatic N) is 3. The third kappa shape index (κ3) is 3.50. The Labute approximate surface area is 117 Å². The molecule has 0 aliphatic heterocycles.